The highest BCUT2D eigenvalue weighted by atomic mass is 15.2. The van der Waals surface area contributed by atoms with Crippen molar-refractivity contribution in [3.63, 3.8) is 0 Å². The maximum atomic E-state index is 5.46. The molecule has 2 aliphatic heterocycles. The first-order chi connectivity index (χ1) is 34.7. The van der Waals surface area contributed by atoms with Crippen LogP contribution >= 0.6 is 0 Å². The van der Waals surface area contributed by atoms with E-state index in [4.69, 9.17) is 4.99 Å². The van der Waals surface area contributed by atoms with E-state index in [9.17, 15) is 0 Å². The number of fused-ring (bicyclic) bond motifs is 11. The van der Waals surface area contributed by atoms with E-state index >= 15 is 0 Å². The van der Waals surface area contributed by atoms with Gasteiger partial charge >= 0.3 is 0 Å². The van der Waals surface area contributed by atoms with Gasteiger partial charge in [-0.3, -0.25) is 4.99 Å². The second-order valence-electron chi connectivity index (χ2n) is 18.6. The summed E-state index contributed by atoms with van der Waals surface area (Å²) in [4.78, 5) is 7.90. The van der Waals surface area contributed by atoms with Gasteiger partial charge < -0.3 is 10.2 Å². The fourth-order valence-corrected chi connectivity index (χ4v) is 11.8. The highest BCUT2D eigenvalue weighted by Crippen LogP contribution is 2.63. The number of hydrogen-bond donors (Lipinski definition) is 1. The molecule has 2 heterocycles. The number of para-hydroxylation sites is 4. The Morgan fingerprint density at radius 3 is 1.69 bits per heavy atom. The van der Waals surface area contributed by atoms with E-state index in [-0.39, 0.29) is 6.17 Å². The second kappa shape index (κ2) is 16.0. The van der Waals surface area contributed by atoms with Crippen LogP contribution in [-0.4, -0.2) is 5.71 Å². The van der Waals surface area contributed by atoms with Crippen LogP contribution in [0.3, 0.4) is 0 Å². The molecule has 0 amide bonds. The van der Waals surface area contributed by atoms with Gasteiger partial charge in [-0.15, -0.1) is 0 Å². The molecule has 11 aromatic rings. The summed E-state index contributed by atoms with van der Waals surface area (Å²) in [6, 6.07) is 95.5. The molecular weight excluding hydrogens is 847 g/mol. The molecule has 3 aliphatic rings. The summed E-state index contributed by atoms with van der Waals surface area (Å²) in [6.07, 6.45) is -0.264. The Morgan fingerprint density at radius 1 is 0.357 bits per heavy atom. The smallest absolute Gasteiger partial charge is 0.145 e. The summed E-state index contributed by atoms with van der Waals surface area (Å²) in [5.41, 5.74) is 23.3. The lowest BCUT2D eigenvalue weighted by molar-refractivity contribution is 0.753. The second-order valence-corrected chi connectivity index (χ2v) is 18.6. The van der Waals surface area contributed by atoms with Crippen LogP contribution in [0.5, 0.6) is 0 Å². The van der Waals surface area contributed by atoms with Gasteiger partial charge in [0, 0.05) is 22.5 Å². The zero-order valence-corrected chi connectivity index (χ0v) is 38.3. The van der Waals surface area contributed by atoms with Crippen LogP contribution in [0.4, 0.5) is 22.7 Å². The first-order valence-corrected chi connectivity index (χ1v) is 24.2. The van der Waals surface area contributed by atoms with Gasteiger partial charge in [-0.1, -0.05) is 212 Å². The van der Waals surface area contributed by atoms with Crippen molar-refractivity contribution >= 4 is 39.2 Å². The zero-order valence-electron chi connectivity index (χ0n) is 38.3. The largest absolute Gasteiger partial charge is 0.360 e. The standard InChI is InChI=1S/C67H45N3/c1-2-23-52(24-3-1)70-63-33-12-9-30-59(63)67(60-31-10-13-34-64(60)70)58-29-8-6-26-55(58)56-40-39-50(43-61(56)67)48-20-14-19-47(41-48)49-21-15-22-51(42-49)66-68-62-32-11-7-27-57(62)65(69-66)46-37-35-45(36-38-46)54-28-16-18-44-17-4-5-25-53(44)54/h1-43,66,68H. The maximum Gasteiger partial charge on any atom is 0.145 e. The van der Waals surface area contributed by atoms with Crippen molar-refractivity contribution in [2.75, 3.05) is 10.2 Å². The lowest BCUT2D eigenvalue weighted by atomic mass is 9.64. The molecule has 0 saturated carbocycles. The molecule has 11 aromatic carbocycles. The molecule has 0 fully saturated rings. The van der Waals surface area contributed by atoms with Crippen molar-refractivity contribution < 1.29 is 0 Å². The molecule has 3 heteroatoms. The highest BCUT2D eigenvalue weighted by molar-refractivity contribution is 6.17. The normalized spacial score (nSPS) is 14.7. The summed E-state index contributed by atoms with van der Waals surface area (Å²) in [7, 11) is 0. The van der Waals surface area contributed by atoms with E-state index in [0.717, 1.165) is 44.9 Å². The van der Waals surface area contributed by atoms with Crippen LogP contribution in [0.25, 0.3) is 55.3 Å². The molecule has 1 N–H and O–H groups in total. The number of hydrogen-bond acceptors (Lipinski definition) is 3. The van der Waals surface area contributed by atoms with Gasteiger partial charge in [0.1, 0.15) is 6.17 Å². The third kappa shape index (κ3) is 6.18. The lowest BCUT2D eigenvalue weighted by Gasteiger charge is -2.45. The van der Waals surface area contributed by atoms with Gasteiger partial charge in [0.05, 0.1) is 22.5 Å². The predicted octanol–water partition coefficient (Wildman–Crippen LogP) is 16.9. The van der Waals surface area contributed by atoms with Gasteiger partial charge in [0.2, 0.25) is 0 Å². The summed E-state index contributed by atoms with van der Waals surface area (Å²) in [5.74, 6) is 0. The van der Waals surface area contributed by atoms with Crippen LogP contribution in [0.15, 0.2) is 266 Å². The third-order valence-electron chi connectivity index (χ3n) is 14.9. The van der Waals surface area contributed by atoms with Gasteiger partial charge in [0.25, 0.3) is 0 Å². The summed E-state index contributed by atoms with van der Waals surface area (Å²) >= 11 is 0. The topological polar surface area (TPSA) is 27.6 Å². The molecule has 1 aliphatic carbocycles. The fourth-order valence-electron chi connectivity index (χ4n) is 11.8. The van der Waals surface area contributed by atoms with Crippen LogP contribution in [0.2, 0.25) is 0 Å². The fraction of sp³-hybridized carbons (Fsp3) is 0.0299. The Labute approximate surface area is 408 Å². The Hall–Kier alpha value is -9.05. The van der Waals surface area contributed by atoms with Crippen molar-refractivity contribution in [1.29, 1.82) is 0 Å². The van der Waals surface area contributed by atoms with Gasteiger partial charge in [0.15, 0.2) is 0 Å². The molecular formula is C67H45N3. The van der Waals surface area contributed by atoms with Crippen LogP contribution in [0.1, 0.15) is 45.1 Å². The van der Waals surface area contributed by atoms with E-state index in [0.29, 0.717) is 0 Å². The van der Waals surface area contributed by atoms with Crippen molar-refractivity contribution in [1.82, 2.24) is 0 Å². The first-order valence-electron chi connectivity index (χ1n) is 24.2. The zero-order chi connectivity index (χ0) is 46.2. The van der Waals surface area contributed by atoms with Crippen LogP contribution in [-0.2, 0) is 5.41 Å². The van der Waals surface area contributed by atoms with E-state index in [2.05, 4.69) is 271 Å². The number of benzene rings is 11. The molecule has 1 atom stereocenters. The molecule has 14 rings (SSSR count). The molecule has 0 radical (unpaired) electrons. The van der Waals surface area contributed by atoms with Crippen molar-refractivity contribution in [3.8, 4) is 44.5 Å². The number of nitrogens with one attached hydrogen (secondary N) is 1. The van der Waals surface area contributed by atoms with Crippen molar-refractivity contribution in [2.24, 2.45) is 4.99 Å². The van der Waals surface area contributed by atoms with E-state index in [1.54, 1.807) is 0 Å². The molecule has 0 saturated heterocycles. The van der Waals surface area contributed by atoms with Crippen molar-refractivity contribution in [2.45, 2.75) is 11.6 Å². The maximum absolute atomic E-state index is 5.46. The molecule has 0 aromatic heterocycles. The van der Waals surface area contributed by atoms with Gasteiger partial charge in [-0.2, -0.15) is 0 Å². The lowest BCUT2D eigenvalue weighted by Crippen LogP contribution is -2.36. The summed E-state index contributed by atoms with van der Waals surface area (Å²) in [6.45, 7) is 0. The van der Waals surface area contributed by atoms with Crippen LogP contribution < -0.4 is 10.2 Å². The summed E-state index contributed by atoms with van der Waals surface area (Å²) < 4.78 is 0. The number of rotatable bonds is 6. The van der Waals surface area contributed by atoms with Crippen molar-refractivity contribution in [3.05, 3.63) is 300 Å². The third-order valence-corrected chi connectivity index (χ3v) is 14.9. The average molecular weight is 892 g/mol. The quantitative estimate of drug-likeness (QED) is 0.180. The minimum absolute atomic E-state index is 0.264. The van der Waals surface area contributed by atoms with E-state index in [1.807, 2.05) is 0 Å². The number of aliphatic imine (C=N–C) groups is 1. The molecule has 0 bridgehead atoms. The molecule has 70 heavy (non-hydrogen) atoms. The molecule has 1 unspecified atom stereocenters. The Kier molecular flexibility index (Phi) is 9.18. The molecule has 328 valence electrons. The SMILES string of the molecule is c1ccc(N2c3ccccc3C3(c4ccccc4-c4ccc(-c5cccc(-c6cccc(C7N=C(c8ccc(-c9cccc%10ccccc9%10)cc8)c8ccccc8N7)c6)c5)cc43)c3ccccc32)cc1. The average Bonchev–Trinajstić information content (AvgIpc) is 3.74. The first kappa shape index (κ1) is 40.1. The minimum atomic E-state index is -0.518. The Balaban J connectivity index is 0.840. The number of anilines is 4. The minimum Gasteiger partial charge on any atom is -0.360 e. The van der Waals surface area contributed by atoms with Gasteiger partial charge in [-0.25, -0.2) is 0 Å². The van der Waals surface area contributed by atoms with E-state index in [1.165, 1.54) is 77.8 Å². The number of nitrogens with zero attached hydrogens (tertiary/aromatic N) is 2. The molecule has 1 spiro atoms. The van der Waals surface area contributed by atoms with Gasteiger partial charge in [-0.05, 0) is 132 Å². The van der Waals surface area contributed by atoms with E-state index < -0.39 is 5.41 Å². The molecule has 3 nitrogen and oxygen atoms in total. The Bertz CT molecular complexity index is 3830. The predicted molar refractivity (Wildman–Crippen MR) is 291 cm³/mol. The Morgan fingerprint density at radius 2 is 0.900 bits per heavy atom. The van der Waals surface area contributed by atoms with Crippen LogP contribution in [0, 0.1) is 0 Å². The summed E-state index contributed by atoms with van der Waals surface area (Å²) in [5, 5.41) is 6.28. The highest BCUT2D eigenvalue weighted by Gasteiger charge is 2.51. The monoisotopic (exact) mass is 891 g/mol.